The van der Waals surface area contributed by atoms with Crippen molar-refractivity contribution in [1.82, 2.24) is 25.5 Å². The van der Waals surface area contributed by atoms with Crippen LogP contribution >= 0.6 is 0 Å². The molecule has 32 heavy (non-hydrogen) atoms. The number of aliphatic carboxylic acids is 1. The minimum Gasteiger partial charge on any atom is -0.481 e. The summed E-state index contributed by atoms with van der Waals surface area (Å²) in [7, 11) is 0. The predicted octanol–water partition coefficient (Wildman–Crippen LogP) is 3.58. The second-order valence-corrected chi connectivity index (χ2v) is 7.63. The van der Waals surface area contributed by atoms with Gasteiger partial charge in [0.1, 0.15) is 0 Å². The van der Waals surface area contributed by atoms with Crippen LogP contribution in [0.4, 0.5) is 5.69 Å². The van der Waals surface area contributed by atoms with Gasteiger partial charge in [-0.25, -0.2) is 4.68 Å². The molecule has 1 aromatic heterocycles. The molecule has 0 saturated carbocycles. The molecule has 2 aromatic carbocycles. The molecule has 10 heteroatoms. The number of carboxylic acid groups (broad SMARTS) is 1. The van der Waals surface area contributed by atoms with Crippen LogP contribution in [0.25, 0.3) is 0 Å². The van der Waals surface area contributed by atoms with E-state index in [4.69, 9.17) is 0 Å². The van der Waals surface area contributed by atoms with E-state index in [0.29, 0.717) is 17.9 Å². The van der Waals surface area contributed by atoms with Crippen LogP contribution in [0.3, 0.4) is 0 Å². The molecular weight excluding hydrogens is 412 g/mol. The molecule has 3 rings (SSSR count). The molecule has 0 fully saturated rings. The van der Waals surface area contributed by atoms with Gasteiger partial charge in [-0.2, -0.15) is 0 Å². The quantitative estimate of drug-likeness (QED) is 0.342. The van der Waals surface area contributed by atoms with E-state index in [1.165, 1.54) is 12.1 Å². The molecular formula is C22H26N6O4. The average molecular weight is 438 g/mol. The van der Waals surface area contributed by atoms with Gasteiger partial charge in [0.25, 0.3) is 5.69 Å². The monoisotopic (exact) mass is 438 g/mol. The standard InChI is InChI=1S/C22H26N6O4/c1-3-4-11-27-22(24-25-26-27)21(17-9-5-7-15(2)12-17)23-19(14-20(29)30)16-8-6-10-18(13-16)28(31)32/h5-10,12-13,19,21,23H,3-4,11,14H2,1-2H3,(H,29,30). The van der Waals surface area contributed by atoms with Crippen LogP contribution in [-0.2, 0) is 11.3 Å². The summed E-state index contributed by atoms with van der Waals surface area (Å²) in [6, 6.07) is 12.6. The average Bonchev–Trinajstić information content (AvgIpc) is 3.23. The molecule has 0 aliphatic carbocycles. The van der Waals surface area contributed by atoms with Gasteiger partial charge < -0.3 is 5.11 Å². The van der Waals surface area contributed by atoms with Crippen LogP contribution < -0.4 is 5.32 Å². The molecule has 0 bridgehead atoms. The number of nitro benzene ring substituents is 1. The molecule has 0 spiro atoms. The molecule has 2 atom stereocenters. The Labute approximate surface area is 185 Å². The number of rotatable bonds is 11. The van der Waals surface area contributed by atoms with Crippen LogP contribution in [0.1, 0.15) is 60.8 Å². The molecule has 0 amide bonds. The molecule has 0 aliphatic rings. The fraction of sp³-hybridized carbons (Fsp3) is 0.364. The van der Waals surface area contributed by atoms with Crippen molar-refractivity contribution in [2.75, 3.05) is 0 Å². The van der Waals surface area contributed by atoms with E-state index >= 15 is 0 Å². The van der Waals surface area contributed by atoms with Crippen LogP contribution in [0.2, 0.25) is 0 Å². The molecule has 2 unspecified atom stereocenters. The number of hydrogen-bond donors (Lipinski definition) is 2. The lowest BCUT2D eigenvalue weighted by molar-refractivity contribution is -0.384. The topological polar surface area (TPSA) is 136 Å². The number of nitrogens with zero attached hydrogens (tertiary/aromatic N) is 5. The third-order valence-electron chi connectivity index (χ3n) is 5.15. The molecule has 168 valence electrons. The number of non-ortho nitro benzene ring substituents is 1. The summed E-state index contributed by atoms with van der Waals surface area (Å²) in [5.74, 6) is -0.465. The normalized spacial score (nSPS) is 12.9. The Balaban J connectivity index is 2.04. The first kappa shape index (κ1) is 23.0. The number of aryl methyl sites for hydroxylation is 2. The summed E-state index contributed by atoms with van der Waals surface area (Å²) < 4.78 is 1.72. The van der Waals surface area contributed by atoms with Crippen LogP contribution in [-0.4, -0.2) is 36.2 Å². The molecule has 1 heterocycles. The minimum atomic E-state index is -1.03. The number of tetrazole rings is 1. The van der Waals surface area contributed by atoms with Crippen molar-refractivity contribution in [3.8, 4) is 0 Å². The van der Waals surface area contributed by atoms with Crippen molar-refractivity contribution in [3.63, 3.8) is 0 Å². The SMILES string of the molecule is CCCCn1nnnc1C(NC(CC(=O)O)c1cccc([N+](=O)[O-])c1)c1cccc(C)c1. The molecule has 10 nitrogen and oxygen atoms in total. The summed E-state index contributed by atoms with van der Waals surface area (Å²) in [5, 5.41) is 36.3. The number of benzene rings is 2. The van der Waals surface area contributed by atoms with E-state index in [-0.39, 0.29) is 12.1 Å². The van der Waals surface area contributed by atoms with Crippen molar-refractivity contribution in [2.24, 2.45) is 0 Å². The number of carbonyl (C=O) groups is 1. The van der Waals surface area contributed by atoms with Crippen LogP contribution in [0.15, 0.2) is 48.5 Å². The van der Waals surface area contributed by atoms with Crippen molar-refractivity contribution >= 4 is 11.7 Å². The zero-order valence-corrected chi connectivity index (χ0v) is 18.0. The van der Waals surface area contributed by atoms with Crippen molar-refractivity contribution in [3.05, 3.63) is 81.2 Å². The molecule has 3 aromatic rings. The molecule has 0 radical (unpaired) electrons. The molecule has 0 saturated heterocycles. The van der Waals surface area contributed by atoms with Gasteiger partial charge in [0.15, 0.2) is 5.82 Å². The number of nitrogens with one attached hydrogen (secondary N) is 1. The van der Waals surface area contributed by atoms with E-state index in [9.17, 15) is 20.0 Å². The lowest BCUT2D eigenvalue weighted by Gasteiger charge is -2.25. The lowest BCUT2D eigenvalue weighted by Crippen LogP contribution is -2.31. The Hall–Kier alpha value is -3.66. The number of hydrogen-bond acceptors (Lipinski definition) is 7. The fourth-order valence-electron chi connectivity index (χ4n) is 3.56. The maximum atomic E-state index is 11.6. The second kappa shape index (κ2) is 10.6. The van der Waals surface area contributed by atoms with Gasteiger partial charge in [-0.15, -0.1) is 5.10 Å². The highest BCUT2D eigenvalue weighted by molar-refractivity contribution is 5.68. The van der Waals surface area contributed by atoms with Crippen molar-refractivity contribution < 1.29 is 14.8 Å². The third kappa shape index (κ3) is 5.73. The Morgan fingerprint density at radius 3 is 2.66 bits per heavy atom. The van der Waals surface area contributed by atoms with Gasteiger partial charge >= 0.3 is 5.97 Å². The lowest BCUT2D eigenvalue weighted by atomic mass is 9.98. The summed E-state index contributed by atoms with van der Waals surface area (Å²) >= 11 is 0. The summed E-state index contributed by atoms with van der Waals surface area (Å²) in [6.07, 6.45) is 1.60. The summed E-state index contributed by atoms with van der Waals surface area (Å²) in [4.78, 5) is 22.4. The van der Waals surface area contributed by atoms with Gasteiger partial charge in [-0.05, 0) is 34.9 Å². The summed E-state index contributed by atoms with van der Waals surface area (Å²) in [5.41, 5.74) is 2.32. The number of aromatic nitrogens is 4. The Morgan fingerprint density at radius 1 is 1.22 bits per heavy atom. The zero-order valence-electron chi connectivity index (χ0n) is 18.0. The maximum Gasteiger partial charge on any atom is 0.305 e. The minimum absolute atomic E-state index is 0.0976. The maximum absolute atomic E-state index is 11.6. The Kier molecular flexibility index (Phi) is 7.61. The largest absolute Gasteiger partial charge is 0.481 e. The van der Waals surface area contributed by atoms with Crippen molar-refractivity contribution in [1.29, 1.82) is 0 Å². The fourth-order valence-corrected chi connectivity index (χ4v) is 3.56. The Morgan fingerprint density at radius 2 is 1.97 bits per heavy atom. The van der Waals surface area contributed by atoms with E-state index < -0.39 is 23.0 Å². The zero-order chi connectivity index (χ0) is 23.1. The van der Waals surface area contributed by atoms with Crippen LogP contribution in [0.5, 0.6) is 0 Å². The molecule has 2 N–H and O–H groups in total. The van der Waals surface area contributed by atoms with Gasteiger partial charge in [-0.1, -0.05) is 55.3 Å². The smallest absolute Gasteiger partial charge is 0.305 e. The van der Waals surface area contributed by atoms with Gasteiger partial charge in [0, 0.05) is 24.7 Å². The predicted molar refractivity (Wildman–Crippen MR) is 117 cm³/mol. The number of unbranched alkanes of at least 4 members (excludes halogenated alkanes) is 1. The third-order valence-corrected chi connectivity index (χ3v) is 5.15. The first-order valence-corrected chi connectivity index (χ1v) is 10.4. The van der Waals surface area contributed by atoms with Crippen molar-refractivity contribution in [2.45, 2.75) is 51.7 Å². The highest BCUT2D eigenvalue weighted by atomic mass is 16.6. The van der Waals surface area contributed by atoms with E-state index in [1.807, 2.05) is 31.2 Å². The Bertz CT molecular complexity index is 1080. The van der Waals surface area contributed by atoms with Crippen LogP contribution in [0, 0.1) is 17.0 Å². The highest BCUT2D eigenvalue weighted by Crippen LogP contribution is 2.29. The first-order valence-electron chi connectivity index (χ1n) is 10.4. The van der Waals surface area contributed by atoms with Gasteiger partial charge in [0.2, 0.25) is 0 Å². The first-order chi connectivity index (χ1) is 15.4. The van der Waals surface area contributed by atoms with Gasteiger partial charge in [0.05, 0.1) is 17.4 Å². The number of carboxylic acids is 1. The van der Waals surface area contributed by atoms with E-state index in [0.717, 1.165) is 24.0 Å². The van der Waals surface area contributed by atoms with E-state index in [1.54, 1.807) is 16.8 Å². The van der Waals surface area contributed by atoms with Gasteiger partial charge in [-0.3, -0.25) is 20.2 Å². The molecule has 0 aliphatic heterocycles. The highest BCUT2D eigenvalue weighted by Gasteiger charge is 2.27. The number of nitro groups is 1. The second-order valence-electron chi connectivity index (χ2n) is 7.63. The summed E-state index contributed by atoms with van der Waals surface area (Å²) in [6.45, 7) is 4.67. The van der Waals surface area contributed by atoms with E-state index in [2.05, 4.69) is 27.8 Å².